The number of aryl methyl sites for hydroxylation is 1. The summed E-state index contributed by atoms with van der Waals surface area (Å²) in [6.45, 7) is 0.331. The Morgan fingerprint density at radius 2 is 1.77 bits per heavy atom. The number of aliphatic carboxylic acids is 2. The lowest BCUT2D eigenvalue weighted by Crippen LogP contribution is -2.48. The third-order valence-electron chi connectivity index (χ3n) is 4.64. The first kappa shape index (κ1) is 23.7. The van der Waals surface area contributed by atoms with Crippen molar-refractivity contribution in [1.29, 1.82) is 0 Å². The minimum Gasteiger partial charge on any atom is -0.504 e. The largest absolute Gasteiger partial charge is 0.504 e. The number of carboxylic acids is 2. The average molecular weight is 430 g/mol. The predicted molar refractivity (Wildman–Crippen MR) is 112 cm³/mol. The van der Waals surface area contributed by atoms with E-state index in [1.165, 1.54) is 13.2 Å². The number of hydrogen-bond acceptors (Lipinski definition) is 6. The number of benzene rings is 2. The summed E-state index contributed by atoms with van der Waals surface area (Å²) in [4.78, 5) is 35.4. The van der Waals surface area contributed by atoms with E-state index >= 15 is 0 Å². The van der Waals surface area contributed by atoms with E-state index < -0.39 is 36.4 Å². The minimum absolute atomic E-state index is 0.0361. The zero-order valence-corrected chi connectivity index (χ0v) is 17.1. The van der Waals surface area contributed by atoms with Crippen molar-refractivity contribution in [2.75, 3.05) is 13.7 Å². The summed E-state index contributed by atoms with van der Waals surface area (Å²) in [5.41, 5.74) is 1.30. The van der Waals surface area contributed by atoms with Crippen molar-refractivity contribution in [2.45, 2.75) is 31.3 Å². The molecule has 0 aliphatic heterocycles. The van der Waals surface area contributed by atoms with Gasteiger partial charge in [-0.05, 0) is 42.6 Å². The maximum absolute atomic E-state index is 12.6. The normalized spacial score (nSPS) is 12.5. The number of carbonyl (C=O) groups is 3. The Hall–Kier alpha value is -3.59. The van der Waals surface area contributed by atoms with Crippen molar-refractivity contribution < 1.29 is 34.4 Å². The number of amides is 1. The molecule has 0 aromatic heterocycles. The maximum Gasteiger partial charge on any atom is 0.330 e. The SMILES string of the molecule is COc1cc(CCCN[C@@H](CC(=O)O)C(=O)N[C@H](C(=O)O)c2ccccc2)ccc1O. The number of phenols is 1. The van der Waals surface area contributed by atoms with Gasteiger partial charge in [0.25, 0.3) is 0 Å². The van der Waals surface area contributed by atoms with Crippen LogP contribution in [0.5, 0.6) is 11.5 Å². The number of carboxylic acid groups (broad SMARTS) is 2. The molecule has 5 N–H and O–H groups in total. The molecule has 0 radical (unpaired) electrons. The maximum atomic E-state index is 12.6. The number of hydrogen-bond donors (Lipinski definition) is 5. The third kappa shape index (κ3) is 7.31. The van der Waals surface area contributed by atoms with Gasteiger partial charge in [-0.15, -0.1) is 0 Å². The number of nitrogens with one attached hydrogen (secondary N) is 2. The molecule has 2 aromatic carbocycles. The van der Waals surface area contributed by atoms with Gasteiger partial charge < -0.3 is 30.7 Å². The number of ether oxygens (including phenoxy) is 1. The molecule has 0 saturated carbocycles. The fraction of sp³-hybridized carbons (Fsp3) is 0.318. The van der Waals surface area contributed by atoms with Crippen LogP contribution in [0.1, 0.15) is 30.0 Å². The zero-order valence-electron chi connectivity index (χ0n) is 17.1. The van der Waals surface area contributed by atoms with E-state index in [0.29, 0.717) is 30.7 Å². The molecule has 0 aliphatic rings. The Morgan fingerprint density at radius 1 is 1.06 bits per heavy atom. The van der Waals surface area contributed by atoms with Crippen LogP contribution in [0.2, 0.25) is 0 Å². The molecule has 0 spiro atoms. The Balaban J connectivity index is 1.96. The monoisotopic (exact) mass is 430 g/mol. The molecule has 0 fully saturated rings. The molecular formula is C22H26N2O7. The molecule has 0 heterocycles. The van der Waals surface area contributed by atoms with Gasteiger partial charge in [0.2, 0.25) is 5.91 Å². The summed E-state index contributed by atoms with van der Waals surface area (Å²) in [7, 11) is 1.45. The minimum atomic E-state index is -1.28. The molecule has 31 heavy (non-hydrogen) atoms. The van der Waals surface area contributed by atoms with Gasteiger partial charge in [-0.2, -0.15) is 0 Å². The summed E-state index contributed by atoms with van der Waals surface area (Å²) in [5, 5.41) is 33.5. The first-order chi connectivity index (χ1) is 14.8. The smallest absolute Gasteiger partial charge is 0.330 e. The highest BCUT2D eigenvalue weighted by atomic mass is 16.5. The third-order valence-corrected chi connectivity index (χ3v) is 4.64. The van der Waals surface area contributed by atoms with E-state index in [0.717, 1.165) is 5.56 Å². The lowest BCUT2D eigenvalue weighted by molar-refractivity contribution is -0.143. The molecular weight excluding hydrogens is 404 g/mol. The molecule has 1 amide bonds. The fourth-order valence-corrected chi connectivity index (χ4v) is 3.05. The molecule has 166 valence electrons. The first-order valence-electron chi connectivity index (χ1n) is 9.71. The van der Waals surface area contributed by atoms with Crippen LogP contribution in [-0.2, 0) is 20.8 Å². The van der Waals surface area contributed by atoms with Crippen molar-refractivity contribution in [1.82, 2.24) is 10.6 Å². The standard InChI is InChI=1S/C22H26N2O7/c1-31-18-12-14(9-10-17(18)25)6-5-11-23-16(13-19(26)27)21(28)24-20(22(29)30)15-7-3-2-4-8-15/h2-4,7-10,12,16,20,23,25H,5-6,11,13H2,1H3,(H,24,28)(H,26,27)(H,29,30)/t16-,20-/m0/s1. The summed E-state index contributed by atoms with van der Waals surface area (Å²) >= 11 is 0. The molecule has 2 rings (SSSR count). The van der Waals surface area contributed by atoms with E-state index in [1.807, 2.05) is 0 Å². The van der Waals surface area contributed by atoms with E-state index in [4.69, 9.17) is 9.84 Å². The number of carbonyl (C=O) groups excluding carboxylic acids is 1. The molecule has 0 aliphatic carbocycles. The predicted octanol–water partition coefficient (Wildman–Crippen LogP) is 1.71. The van der Waals surface area contributed by atoms with Crippen LogP contribution in [0.15, 0.2) is 48.5 Å². The zero-order chi connectivity index (χ0) is 22.8. The van der Waals surface area contributed by atoms with Crippen molar-refractivity contribution in [3.63, 3.8) is 0 Å². The topological polar surface area (TPSA) is 145 Å². The quantitative estimate of drug-likeness (QED) is 0.320. The summed E-state index contributed by atoms with van der Waals surface area (Å²) in [5.74, 6) is -2.73. The van der Waals surface area contributed by atoms with Gasteiger partial charge >= 0.3 is 11.9 Å². The average Bonchev–Trinajstić information content (AvgIpc) is 2.75. The van der Waals surface area contributed by atoms with Crippen LogP contribution in [0.4, 0.5) is 0 Å². The van der Waals surface area contributed by atoms with Gasteiger partial charge in [0.05, 0.1) is 19.6 Å². The highest BCUT2D eigenvalue weighted by molar-refractivity contribution is 5.90. The van der Waals surface area contributed by atoms with E-state index in [9.17, 15) is 24.6 Å². The number of aromatic hydroxyl groups is 1. The second-order valence-electron chi connectivity index (χ2n) is 6.90. The number of phenolic OH excluding ortho intramolecular Hbond substituents is 1. The lowest BCUT2D eigenvalue weighted by atomic mass is 10.1. The Morgan fingerprint density at radius 3 is 2.39 bits per heavy atom. The van der Waals surface area contributed by atoms with Crippen LogP contribution < -0.4 is 15.4 Å². The van der Waals surface area contributed by atoms with Gasteiger partial charge in [-0.1, -0.05) is 36.4 Å². The van der Waals surface area contributed by atoms with Gasteiger partial charge in [0.15, 0.2) is 17.5 Å². The Kier molecular flexibility index (Phi) is 8.83. The van der Waals surface area contributed by atoms with Gasteiger partial charge in [-0.3, -0.25) is 9.59 Å². The van der Waals surface area contributed by atoms with E-state index in [-0.39, 0.29) is 5.75 Å². The van der Waals surface area contributed by atoms with E-state index in [1.54, 1.807) is 42.5 Å². The Bertz CT molecular complexity index is 902. The summed E-state index contributed by atoms with van der Waals surface area (Å²) in [6, 6.07) is 10.8. The van der Waals surface area contributed by atoms with Crippen LogP contribution in [0.3, 0.4) is 0 Å². The fourth-order valence-electron chi connectivity index (χ4n) is 3.05. The molecule has 0 unspecified atom stereocenters. The number of rotatable bonds is 12. The highest BCUT2D eigenvalue weighted by Gasteiger charge is 2.27. The van der Waals surface area contributed by atoms with Crippen LogP contribution in [-0.4, -0.2) is 52.9 Å². The van der Waals surface area contributed by atoms with Crippen LogP contribution in [0.25, 0.3) is 0 Å². The van der Waals surface area contributed by atoms with Crippen LogP contribution >= 0.6 is 0 Å². The lowest BCUT2D eigenvalue weighted by Gasteiger charge is -2.20. The van der Waals surface area contributed by atoms with Gasteiger partial charge in [-0.25, -0.2) is 4.79 Å². The Labute approximate surface area is 179 Å². The van der Waals surface area contributed by atoms with Crippen molar-refractivity contribution in [3.8, 4) is 11.5 Å². The second-order valence-corrected chi connectivity index (χ2v) is 6.90. The van der Waals surface area contributed by atoms with Gasteiger partial charge in [0, 0.05) is 0 Å². The molecule has 9 heteroatoms. The highest BCUT2D eigenvalue weighted by Crippen LogP contribution is 2.26. The van der Waals surface area contributed by atoms with Gasteiger partial charge in [0.1, 0.15) is 0 Å². The first-order valence-corrected chi connectivity index (χ1v) is 9.71. The second kappa shape index (κ2) is 11.6. The molecule has 9 nitrogen and oxygen atoms in total. The van der Waals surface area contributed by atoms with Crippen LogP contribution in [0, 0.1) is 0 Å². The van der Waals surface area contributed by atoms with Crippen molar-refractivity contribution in [3.05, 3.63) is 59.7 Å². The number of methoxy groups -OCH3 is 1. The summed E-state index contributed by atoms with van der Waals surface area (Å²) < 4.78 is 5.07. The molecule has 2 aromatic rings. The molecule has 0 bridgehead atoms. The van der Waals surface area contributed by atoms with E-state index in [2.05, 4.69) is 10.6 Å². The molecule has 2 atom stereocenters. The van der Waals surface area contributed by atoms with Crippen molar-refractivity contribution in [2.24, 2.45) is 0 Å². The summed E-state index contributed by atoms with van der Waals surface area (Å²) in [6.07, 6.45) is 0.700. The van der Waals surface area contributed by atoms with Crippen molar-refractivity contribution >= 4 is 17.8 Å². The molecule has 0 saturated heterocycles.